The normalized spacial score (nSPS) is 11.1. The van der Waals surface area contributed by atoms with E-state index in [9.17, 15) is 0 Å². The summed E-state index contributed by atoms with van der Waals surface area (Å²) in [6.07, 6.45) is 0. The third kappa shape index (κ3) is 8.14. The Bertz CT molecular complexity index is 3460. The first-order valence-electron chi connectivity index (χ1n) is 23.8. The summed E-state index contributed by atoms with van der Waals surface area (Å²) in [7, 11) is 0. The van der Waals surface area contributed by atoms with Crippen LogP contribution in [0.5, 0.6) is 0 Å². The molecule has 4 heteroatoms. The van der Waals surface area contributed by atoms with Gasteiger partial charge in [0.15, 0.2) is 0 Å². The van der Waals surface area contributed by atoms with Crippen LogP contribution < -0.4 is 14.7 Å². The summed E-state index contributed by atoms with van der Waals surface area (Å²) in [5.41, 5.74) is 17.9. The molecule has 70 heavy (non-hydrogen) atoms. The second-order valence-corrected chi connectivity index (χ2v) is 17.4. The summed E-state index contributed by atoms with van der Waals surface area (Å²) in [6.45, 7) is 0. The minimum atomic E-state index is 1.05. The smallest absolute Gasteiger partial charge is 0.0542 e. The number of nitrogens with zero attached hydrogens (tertiary/aromatic N) is 4. The van der Waals surface area contributed by atoms with Crippen LogP contribution in [-0.4, -0.2) is 4.57 Å². The van der Waals surface area contributed by atoms with Gasteiger partial charge in [0.1, 0.15) is 0 Å². The minimum absolute atomic E-state index is 1.05. The van der Waals surface area contributed by atoms with Gasteiger partial charge in [-0.05, 0) is 156 Å². The Kier molecular flexibility index (Phi) is 11.2. The van der Waals surface area contributed by atoms with Gasteiger partial charge in [0, 0.05) is 67.6 Å². The highest BCUT2D eigenvalue weighted by Gasteiger charge is 2.20. The van der Waals surface area contributed by atoms with Crippen molar-refractivity contribution in [1.82, 2.24) is 4.57 Å². The van der Waals surface area contributed by atoms with Gasteiger partial charge in [-0.25, -0.2) is 0 Å². The van der Waals surface area contributed by atoms with Gasteiger partial charge in [-0.1, -0.05) is 158 Å². The first-order chi connectivity index (χ1) is 34.7. The fourth-order valence-corrected chi connectivity index (χ4v) is 9.84. The molecule has 0 saturated heterocycles. The van der Waals surface area contributed by atoms with Crippen molar-refractivity contribution in [3.05, 3.63) is 291 Å². The second-order valence-electron chi connectivity index (χ2n) is 17.4. The van der Waals surface area contributed by atoms with Crippen LogP contribution in [0.4, 0.5) is 51.2 Å². The molecule has 12 rings (SSSR count). The lowest BCUT2D eigenvalue weighted by Gasteiger charge is -2.29. The first kappa shape index (κ1) is 42.0. The molecule has 4 nitrogen and oxygen atoms in total. The molecule has 0 amide bonds. The summed E-state index contributed by atoms with van der Waals surface area (Å²) in [6, 6.07) is 104. The van der Waals surface area contributed by atoms with Gasteiger partial charge in [0.05, 0.1) is 11.0 Å². The number of hydrogen-bond donors (Lipinski definition) is 0. The number of benzene rings is 11. The molecule has 11 aromatic carbocycles. The molecule has 332 valence electrons. The van der Waals surface area contributed by atoms with E-state index < -0.39 is 0 Å². The van der Waals surface area contributed by atoms with Gasteiger partial charge in [-0.15, -0.1) is 0 Å². The Labute approximate surface area is 409 Å². The lowest BCUT2D eigenvalue weighted by Crippen LogP contribution is -2.13. The largest absolute Gasteiger partial charge is 0.311 e. The fourth-order valence-electron chi connectivity index (χ4n) is 9.84. The predicted octanol–water partition coefficient (Wildman–Crippen LogP) is 18.5. The standard InChI is InChI=1S/C66H48N4/c1-6-19-49(20-7-1)50-33-35-51(36-34-50)52-21-18-30-61(47-52)70-65-32-17-16-31-63(65)64-48-62(45-46-66(64)70)69(59-41-37-57(38-42-59)67(53-22-8-2-9-23-53)54-24-10-3-11-25-54)60-43-39-58(40-44-60)68(55-26-12-4-13-27-55)56-28-14-5-15-29-56/h1-48H. The first-order valence-corrected chi connectivity index (χ1v) is 23.8. The highest BCUT2D eigenvalue weighted by molar-refractivity contribution is 6.11. The molecule has 0 aliphatic carbocycles. The summed E-state index contributed by atoms with van der Waals surface area (Å²) < 4.78 is 2.41. The zero-order valence-corrected chi connectivity index (χ0v) is 38.5. The molecule has 0 saturated carbocycles. The van der Waals surface area contributed by atoms with Crippen LogP contribution in [0.2, 0.25) is 0 Å². The zero-order valence-electron chi connectivity index (χ0n) is 38.5. The topological polar surface area (TPSA) is 14.7 Å². The van der Waals surface area contributed by atoms with E-state index in [2.05, 4.69) is 310 Å². The van der Waals surface area contributed by atoms with Gasteiger partial charge in [-0.2, -0.15) is 0 Å². The van der Waals surface area contributed by atoms with Gasteiger partial charge in [0.2, 0.25) is 0 Å². The molecule has 0 aliphatic heterocycles. The molecule has 1 heterocycles. The maximum absolute atomic E-state index is 2.41. The number of rotatable bonds is 12. The molecule has 0 aliphatic rings. The molecule has 0 unspecified atom stereocenters. The molecule has 0 bridgehead atoms. The summed E-state index contributed by atoms with van der Waals surface area (Å²) >= 11 is 0. The number of anilines is 9. The van der Waals surface area contributed by atoms with E-state index in [1.54, 1.807) is 0 Å². The molecule has 0 N–H and O–H groups in total. The van der Waals surface area contributed by atoms with E-state index in [0.29, 0.717) is 0 Å². The summed E-state index contributed by atoms with van der Waals surface area (Å²) in [5, 5.41) is 2.38. The van der Waals surface area contributed by atoms with Crippen LogP contribution in [-0.2, 0) is 0 Å². The van der Waals surface area contributed by atoms with Crippen molar-refractivity contribution < 1.29 is 0 Å². The Morgan fingerprint density at radius 3 is 1.00 bits per heavy atom. The van der Waals surface area contributed by atoms with E-state index in [0.717, 1.165) is 67.9 Å². The molecule has 12 aromatic rings. The number of para-hydroxylation sites is 5. The Balaban J connectivity index is 0.970. The monoisotopic (exact) mass is 896 g/mol. The van der Waals surface area contributed by atoms with E-state index in [1.807, 2.05) is 0 Å². The van der Waals surface area contributed by atoms with Crippen LogP contribution in [0.1, 0.15) is 0 Å². The average Bonchev–Trinajstić information content (AvgIpc) is 3.77. The lowest BCUT2D eigenvalue weighted by molar-refractivity contribution is 1.18. The lowest BCUT2D eigenvalue weighted by atomic mass is 10.00. The van der Waals surface area contributed by atoms with Crippen molar-refractivity contribution in [1.29, 1.82) is 0 Å². The highest BCUT2D eigenvalue weighted by atomic mass is 15.2. The minimum Gasteiger partial charge on any atom is -0.311 e. The molecule has 0 radical (unpaired) electrons. The van der Waals surface area contributed by atoms with Crippen molar-refractivity contribution in [3.63, 3.8) is 0 Å². The van der Waals surface area contributed by atoms with Gasteiger partial charge in [0.25, 0.3) is 0 Å². The third-order valence-corrected chi connectivity index (χ3v) is 13.1. The van der Waals surface area contributed by atoms with Crippen molar-refractivity contribution in [2.45, 2.75) is 0 Å². The molecule has 0 atom stereocenters. The van der Waals surface area contributed by atoms with Crippen LogP contribution >= 0.6 is 0 Å². The Morgan fingerprint density at radius 1 is 0.200 bits per heavy atom. The number of hydrogen-bond acceptors (Lipinski definition) is 3. The zero-order chi connectivity index (χ0) is 46.6. The molecule has 1 aromatic heterocycles. The van der Waals surface area contributed by atoms with E-state index >= 15 is 0 Å². The van der Waals surface area contributed by atoms with Crippen LogP contribution in [0.25, 0.3) is 49.7 Å². The quantitative estimate of drug-likeness (QED) is 0.121. The van der Waals surface area contributed by atoms with Crippen molar-refractivity contribution in [2.24, 2.45) is 0 Å². The SMILES string of the molecule is c1ccc(-c2ccc(-c3cccc(-n4c5ccccc5c5cc(N(c6ccc(N(c7ccccc7)c7ccccc7)cc6)c6ccc(N(c7ccccc7)c7ccccc7)cc6)ccc54)c3)cc2)cc1. The van der Waals surface area contributed by atoms with Gasteiger partial charge < -0.3 is 19.3 Å². The van der Waals surface area contributed by atoms with Crippen molar-refractivity contribution in [3.8, 4) is 27.9 Å². The third-order valence-electron chi connectivity index (χ3n) is 13.1. The Morgan fingerprint density at radius 2 is 0.529 bits per heavy atom. The van der Waals surface area contributed by atoms with E-state index in [1.165, 1.54) is 33.0 Å². The number of fused-ring (bicyclic) bond motifs is 3. The van der Waals surface area contributed by atoms with Crippen molar-refractivity contribution >= 4 is 73.0 Å². The summed E-state index contributed by atoms with van der Waals surface area (Å²) in [4.78, 5) is 6.99. The summed E-state index contributed by atoms with van der Waals surface area (Å²) in [5.74, 6) is 0. The Hall–Kier alpha value is -9.38. The van der Waals surface area contributed by atoms with Gasteiger partial charge in [-0.3, -0.25) is 0 Å². The van der Waals surface area contributed by atoms with E-state index in [4.69, 9.17) is 0 Å². The van der Waals surface area contributed by atoms with Crippen LogP contribution in [0.3, 0.4) is 0 Å². The number of aromatic nitrogens is 1. The molecular formula is C66H48N4. The average molecular weight is 897 g/mol. The molecular weight excluding hydrogens is 849 g/mol. The maximum atomic E-state index is 2.41. The van der Waals surface area contributed by atoms with Gasteiger partial charge >= 0.3 is 0 Å². The van der Waals surface area contributed by atoms with Crippen LogP contribution in [0, 0.1) is 0 Å². The predicted molar refractivity (Wildman–Crippen MR) is 296 cm³/mol. The van der Waals surface area contributed by atoms with E-state index in [-0.39, 0.29) is 0 Å². The highest BCUT2D eigenvalue weighted by Crippen LogP contribution is 2.43. The van der Waals surface area contributed by atoms with Crippen molar-refractivity contribution in [2.75, 3.05) is 14.7 Å². The molecule has 0 spiro atoms. The maximum Gasteiger partial charge on any atom is 0.0542 e. The second kappa shape index (κ2) is 18.7. The molecule has 0 fully saturated rings. The fraction of sp³-hybridized carbons (Fsp3) is 0. The van der Waals surface area contributed by atoms with Crippen LogP contribution in [0.15, 0.2) is 291 Å².